The van der Waals surface area contributed by atoms with Gasteiger partial charge < -0.3 is 20.9 Å². The predicted molar refractivity (Wildman–Crippen MR) is 184 cm³/mol. The average Bonchev–Trinajstić information content (AvgIpc) is 3.78. The molecule has 3 aliphatic rings. The Hall–Kier alpha value is -5.89. The number of carbonyl (C=O) groups is 6. The lowest BCUT2D eigenvalue weighted by Crippen LogP contribution is -2.54. The van der Waals surface area contributed by atoms with Gasteiger partial charge in [0.2, 0.25) is 11.8 Å². The Morgan fingerprint density at radius 1 is 0.920 bits per heavy atom. The molecule has 0 saturated carbocycles. The SMILES string of the molecule is C[C@H]1CCCN1Cc1nc2cc(NC(=O)c3ccc(C(=O)NCCNc4cccc5c4C(=O)N(C4CCC(=O)NC4=O)C5=O)cc3)ccc2[nH]1. The van der Waals surface area contributed by atoms with Gasteiger partial charge in [-0.3, -0.25) is 43.9 Å². The summed E-state index contributed by atoms with van der Waals surface area (Å²) in [5, 5.41) is 11.0. The number of nitrogens with one attached hydrogen (secondary N) is 5. The van der Waals surface area contributed by atoms with Crippen LogP contribution < -0.4 is 21.3 Å². The van der Waals surface area contributed by atoms with E-state index in [0.717, 1.165) is 34.8 Å². The monoisotopic (exact) mass is 676 g/mol. The first-order chi connectivity index (χ1) is 24.2. The van der Waals surface area contributed by atoms with Crippen molar-refractivity contribution < 1.29 is 28.8 Å². The molecular weight excluding hydrogens is 640 g/mol. The standard InChI is InChI=1S/C36H36N8O6/c1-20-4-3-17-43(20)19-29-40-25-12-11-23(18-27(25)41-29)39-33(47)22-9-7-21(8-10-22)32(46)38-16-15-37-26-6-2-5-24-31(26)36(50)44(35(24)49)28-13-14-30(45)42-34(28)48/h2,5-12,18,20,28,37H,3-4,13-17,19H2,1H3,(H,38,46)(H,39,47)(H,40,41)(H,42,45,48)/t20-,28?/m0/s1. The molecule has 1 aromatic heterocycles. The molecule has 3 aromatic carbocycles. The Labute approximate surface area is 287 Å². The van der Waals surface area contributed by atoms with Crippen molar-refractivity contribution in [1.29, 1.82) is 0 Å². The van der Waals surface area contributed by atoms with E-state index in [1.807, 2.05) is 18.2 Å². The lowest BCUT2D eigenvalue weighted by Gasteiger charge is -2.27. The molecule has 5 N–H and O–H groups in total. The molecule has 6 amide bonds. The van der Waals surface area contributed by atoms with Gasteiger partial charge in [0.25, 0.3) is 23.6 Å². The summed E-state index contributed by atoms with van der Waals surface area (Å²) >= 11 is 0. The molecule has 14 heteroatoms. The van der Waals surface area contributed by atoms with Gasteiger partial charge in [-0.25, -0.2) is 4.98 Å². The molecule has 2 saturated heterocycles. The summed E-state index contributed by atoms with van der Waals surface area (Å²) in [5.41, 5.74) is 3.74. The summed E-state index contributed by atoms with van der Waals surface area (Å²) in [4.78, 5) is 87.4. The number of amides is 6. The zero-order valence-electron chi connectivity index (χ0n) is 27.4. The number of imide groups is 2. The molecule has 256 valence electrons. The van der Waals surface area contributed by atoms with E-state index in [-0.39, 0.29) is 48.9 Å². The van der Waals surface area contributed by atoms with Crippen molar-refractivity contribution in [2.24, 2.45) is 0 Å². The first kappa shape index (κ1) is 32.6. The van der Waals surface area contributed by atoms with Gasteiger partial charge in [-0.2, -0.15) is 0 Å². The lowest BCUT2D eigenvalue weighted by atomic mass is 10.0. The molecule has 0 aliphatic carbocycles. The highest BCUT2D eigenvalue weighted by molar-refractivity contribution is 6.25. The predicted octanol–water partition coefficient (Wildman–Crippen LogP) is 3.04. The fourth-order valence-corrected chi connectivity index (χ4v) is 6.75. The van der Waals surface area contributed by atoms with E-state index in [1.54, 1.807) is 36.4 Å². The number of benzene rings is 3. The molecule has 0 spiro atoms. The maximum Gasteiger partial charge on any atom is 0.264 e. The number of hydrogen-bond acceptors (Lipinski definition) is 9. The maximum atomic E-state index is 13.3. The molecule has 2 fully saturated rings. The van der Waals surface area contributed by atoms with Crippen molar-refractivity contribution >= 4 is 57.9 Å². The van der Waals surface area contributed by atoms with Crippen LogP contribution in [-0.2, 0) is 16.1 Å². The number of nitrogens with zero attached hydrogens (tertiary/aromatic N) is 3. The number of aromatic nitrogens is 2. The van der Waals surface area contributed by atoms with Crippen molar-refractivity contribution in [2.75, 3.05) is 30.3 Å². The highest BCUT2D eigenvalue weighted by Crippen LogP contribution is 2.32. The van der Waals surface area contributed by atoms with E-state index < -0.39 is 29.7 Å². The first-order valence-electron chi connectivity index (χ1n) is 16.7. The van der Waals surface area contributed by atoms with Crippen LogP contribution >= 0.6 is 0 Å². The third-order valence-corrected chi connectivity index (χ3v) is 9.44. The van der Waals surface area contributed by atoms with Crippen molar-refractivity contribution in [3.63, 3.8) is 0 Å². The minimum atomic E-state index is -1.06. The van der Waals surface area contributed by atoms with Gasteiger partial charge in [-0.1, -0.05) is 6.07 Å². The van der Waals surface area contributed by atoms with Crippen molar-refractivity contribution in [1.82, 2.24) is 30.4 Å². The van der Waals surface area contributed by atoms with Crippen LogP contribution in [0.3, 0.4) is 0 Å². The third kappa shape index (κ3) is 6.44. The molecular formula is C36H36N8O6. The molecule has 4 heterocycles. The molecule has 1 unspecified atom stereocenters. The van der Waals surface area contributed by atoms with E-state index in [4.69, 9.17) is 4.98 Å². The van der Waals surface area contributed by atoms with Crippen LogP contribution in [0.15, 0.2) is 60.7 Å². The smallest absolute Gasteiger partial charge is 0.264 e. The van der Waals surface area contributed by atoms with Gasteiger partial charge in [-0.15, -0.1) is 0 Å². The van der Waals surface area contributed by atoms with Crippen LogP contribution in [0, 0.1) is 0 Å². The number of H-pyrrole nitrogens is 1. The Kier molecular flexibility index (Phi) is 8.85. The molecule has 2 atom stereocenters. The zero-order chi connectivity index (χ0) is 34.9. The second-order valence-electron chi connectivity index (χ2n) is 12.8. The molecule has 3 aliphatic heterocycles. The summed E-state index contributed by atoms with van der Waals surface area (Å²) in [6.07, 6.45) is 2.50. The van der Waals surface area contributed by atoms with Crippen molar-refractivity contribution in [3.05, 3.63) is 88.7 Å². The zero-order valence-corrected chi connectivity index (χ0v) is 27.4. The average molecular weight is 677 g/mol. The maximum absolute atomic E-state index is 13.3. The number of imidazole rings is 1. The van der Waals surface area contributed by atoms with Crippen LogP contribution in [0.2, 0.25) is 0 Å². The summed E-state index contributed by atoms with van der Waals surface area (Å²) in [6, 6.07) is 16.1. The number of fused-ring (bicyclic) bond motifs is 2. The topological polar surface area (TPSA) is 186 Å². The Morgan fingerprint density at radius 2 is 1.70 bits per heavy atom. The van der Waals surface area contributed by atoms with E-state index in [9.17, 15) is 28.8 Å². The third-order valence-electron chi connectivity index (χ3n) is 9.44. The van der Waals surface area contributed by atoms with Gasteiger partial charge >= 0.3 is 0 Å². The second-order valence-corrected chi connectivity index (χ2v) is 12.8. The highest BCUT2D eigenvalue weighted by Gasteiger charge is 2.45. The molecule has 0 radical (unpaired) electrons. The van der Waals surface area contributed by atoms with Gasteiger partial charge in [0.1, 0.15) is 11.9 Å². The van der Waals surface area contributed by atoms with E-state index in [1.165, 1.54) is 18.9 Å². The highest BCUT2D eigenvalue weighted by atomic mass is 16.2. The number of hydrogen-bond donors (Lipinski definition) is 5. The first-order valence-corrected chi connectivity index (χ1v) is 16.7. The van der Waals surface area contributed by atoms with Crippen LogP contribution in [0.1, 0.15) is 79.9 Å². The van der Waals surface area contributed by atoms with Crippen LogP contribution in [0.25, 0.3) is 11.0 Å². The van der Waals surface area contributed by atoms with E-state index >= 15 is 0 Å². The fraction of sp³-hybridized carbons (Fsp3) is 0.306. The fourth-order valence-electron chi connectivity index (χ4n) is 6.75. The normalized spacial score (nSPS) is 19.1. The molecule has 14 nitrogen and oxygen atoms in total. The van der Waals surface area contributed by atoms with Crippen LogP contribution in [0.5, 0.6) is 0 Å². The Bertz CT molecular complexity index is 2040. The summed E-state index contributed by atoms with van der Waals surface area (Å²) in [5.74, 6) is -2.10. The molecule has 0 bridgehead atoms. The van der Waals surface area contributed by atoms with Crippen molar-refractivity contribution in [2.45, 2.75) is 51.2 Å². The number of aromatic amines is 1. The molecule has 7 rings (SSSR count). The molecule has 50 heavy (non-hydrogen) atoms. The number of likely N-dealkylation sites (tertiary alicyclic amines) is 1. The quantitative estimate of drug-likeness (QED) is 0.124. The number of rotatable bonds is 10. The van der Waals surface area contributed by atoms with Gasteiger partial charge in [0.05, 0.1) is 28.7 Å². The summed E-state index contributed by atoms with van der Waals surface area (Å²) in [7, 11) is 0. The van der Waals surface area contributed by atoms with Crippen LogP contribution in [0.4, 0.5) is 11.4 Å². The van der Waals surface area contributed by atoms with E-state index in [0.29, 0.717) is 28.5 Å². The Morgan fingerprint density at radius 3 is 2.44 bits per heavy atom. The van der Waals surface area contributed by atoms with Gasteiger partial charge in [0.15, 0.2) is 0 Å². The minimum absolute atomic E-state index is 0.0348. The van der Waals surface area contributed by atoms with Gasteiger partial charge in [-0.05, 0) is 87.3 Å². The summed E-state index contributed by atoms with van der Waals surface area (Å²) in [6.45, 7) is 4.49. The largest absolute Gasteiger partial charge is 0.383 e. The lowest BCUT2D eigenvalue weighted by molar-refractivity contribution is -0.136. The summed E-state index contributed by atoms with van der Waals surface area (Å²) < 4.78 is 0. The molecule has 4 aromatic rings. The van der Waals surface area contributed by atoms with Crippen molar-refractivity contribution in [3.8, 4) is 0 Å². The number of piperidine rings is 1. The second kappa shape index (κ2) is 13.6. The van der Waals surface area contributed by atoms with Gasteiger partial charge in [0, 0.05) is 48.1 Å². The minimum Gasteiger partial charge on any atom is -0.383 e. The number of anilines is 2. The number of carbonyl (C=O) groups excluding carboxylic acids is 6. The Balaban J connectivity index is 0.909. The van der Waals surface area contributed by atoms with E-state index in [2.05, 4.69) is 38.1 Å². The van der Waals surface area contributed by atoms with Crippen LogP contribution in [-0.4, -0.2) is 86.9 Å².